The van der Waals surface area contributed by atoms with E-state index in [4.69, 9.17) is 5.11 Å². The molecule has 0 atom stereocenters. The van der Waals surface area contributed by atoms with Crippen LogP contribution in [0.2, 0.25) is 0 Å². The molecule has 19 heavy (non-hydrogen) atoms. The largest absolute Gasteiger partial charge is 0.481 e. The van der Waals surface area contributed by atoms with Crippen molar-refractivity contribution < 1.29 is 9.90 Å². The number of rotatable bonds is 4. The Kier molecular flexibility index (Phi) is 2.81. The number of carbonyl (C=O) groups is 1. The summed E-state index contributed by atoms with van der Waals surface area (Å²) in [5, 5.41) is 17.3. The number of aromatic nitrogens is 3. The molecule has 1 aliphatic carbocycles. The van der Waals surface area contributed by atoms with E-state index in [9.17, 15) is 4.79 Å². The molecule has 0 bridgehead atoms. The molecule has 1 aromatic carbocycles. The summed E-state index contributed by atoms with van der Waals surface area (Å²) >= 11 is 0. The SMILES string of the molecule is O=C(O)CC1(c2cn(-c3ccccc3)nn2)CCC1. The molecule has 5 heteroatoms. The molecule has 1 fully saturated rings. The Balaban J connectivity index is 1.90. The molecular weight excluding hydrogens is 242 g/mol. The van der Waals surface area contributed by atoms with Gasteiger partial charge in [-0.1, -0.05) is 29.8 Å². The quantitative estimate of drug-likeness (QED) is 0.911. The maximum absolute atomic E-state index is 11.0. The van der Waals surface area contributed by atoms with Crippen molar-refractivity contribution in [2.24, 2.45) is 0 Å². The average molecular weight is 257 g/mol. The Labute approximate surface area is 110 Å². The van der Waals surface area contributed by atoms with Crippen LogP contribution in [0.15, 0.2) is 36.5 Å². The molecule has 1 saturated carbocycles. The molecule has 5 nitrogen and oxygen atoms in total. The molecule has 1 heterocycles. The van der Waals surface area contributed by atoms with Crippen molar-refractivity contribution in [1.29, 1.82) is 0 Å². The first-order valence-corrected chi connectivity index (χ1v) is 6.40. The minimum atomic E-state index is -0.769. The predicted octanol–water partition coefficient (Wildman–Crippen LogP) is 2.16. The Hall–Kier alpha value is -2.17. The molecule has 0 amide bonds. The summed E-state index contributed by atoms with van der Waals surface area (Å²) in [6.07, 6.45) is 4.82. The number of hydrogen-bond acceptors (Lipinski definition) is 3. The second kappa shape index (κ2) is 4.50. The van der Waals surface area contributed by atoms with Crippen LogP contribution in [0, 0.1) is 0 Å². The smallest absolute Gasteiger partial charge is 0.304 e. The van der Waals surface area contributed by atoms with E-state index in [1.807, 2.05) is 36.5 Å². The lowest BCUT2D eigenvalue weighted by atomic mass is 9.65. The minimum Gasteiger partial charge on any atom is -0.481 e. The van der Waals surface area contributed by atoms with Gasteiger partial charge in [0, 0.05) is 5.41 Å². The van der Waals surface area contributed by atoms with E-state index in [0.29, 0.717) is 0 Å². The Morgan fingerprint density at radius 1 is 1.32 bits per heavy atom. The van der Waals surface area contributed by atoms with E-state index in [1.165, 1.54) is 0 Å². The average Bonchev–Trinajstić information content (AvgIpc) is 2.84. The van der Waals surface area contributed by atoms with Crippen LogP contribution >= 0.6 is 0 Å². The van der Waals surface area contributed by atoms with Crippen molar-refractivity contribution in [2.45, 2.75) is 31.1 Å². The van der Waals surface area contributed by atoms with E-state index in [-0.39, 0.29) is 11.8 Å². The number of benzene rings is 1. The van der Waals surface area contributed by atoms with Crippen LogP contribution in [0.1, 0.15) is 31.4 Å². The summed E-state index contributed by atoms with van der Waals surface area (Å²) in [5.41, 5.74) is 1.43. The third-order valence-corrected chi connectivity index (χ3v) is 3.86. The van der Waals surface area contributed by atoms with Crippen molar-refractivity contribution in [3.8, 4) is 5.69 Å². The third kappa shape index (κ3) is 2.12. The van der Waals surface area contributed by atoms with Gasteiger partial charge in [0.2, 0.25) is 0 Å². The summed E-state index contributed by atoms with van der Waals surface area (Å²) in [7, 11) is 0. The van der Waals surface area contributed by atoms with Gasteiger partial charge in [0.05, 0.1) is 24.0 Å². The number of para-hydroxylation sites is 1. The van der Waals surface area contributed by atoms with Crippen LogP contribution in [0.25, 0.3) is 5.69 Å². The van der Waals surface area contributed by atoms with Crippen LogP contribution in [0.4, 0.5) is 0 Å². The van der Waals surface area contributed by atoms with Crippen LogP contribution in [0.5, 0.6) is 0 Å². The van der Waals surface area contributed by atoms with Gasteiger partial charge >= 0.3 is 5.97 Å². The topological polar surface area (TPSA) is 68.0 Å². The zero-order valence-electron chi connectivity index (χ0n) is 10.5. The highest BCUT2D eigenvalue weighted by molar-refractivity contribution is 5.69. The van der Waals surface area contributed by atoms with Gasteiger partial charge in [0.1, 0.15) is 0 Å². The van der Waals surface area contributed by atoms with Crippen LogP contribution in [-0.2, 0) is 10.2 Å². The lowest BCUT2D eigenvalue weighted by molar-refractivity contribution is -0.139. The number of nitrogens with zero attached hydrogens (tertiary/aromatic N) is 3. The molecule has 1 aromatic heterocycles. The van der Waals surface area contributed by atoms with Crippen LogP contribution in [0.3, 0.4) is 0 Å². The van der Waals surface area contributed by atoms with E-state index in [0.717, 1.165) is 30.6 Å². The van der Waals surface area contributed by atoms with Gasteiger partial charge in [-0.05, 0) is 25.0 Å². The summed E-state index contributed by atoms with van der Waals surface area (Å²) in [6, 6.07) is 9.71. The van der Waals surface area contributed by atoms with E-state index >= 15 is 0 Å². The standard InChI is InChI=1S/C14H15N3O2/c18-13(19)9-14(7-4-8-14)12-10-17(16-15-12)11-5-2-1-3-6-11/h1-3,5-6,10H,4,7-9H2,(H,18,19). The van der Waals surface area contributed by atoms with Gasteiger partial charge in [-0.15, -0.1) is 5.10 Å². The third-order valence-electron chi connectivity index (χ3n) is 3.86. The number of hydrogen-bond donors (Lipinski definition) is 1. The van der Waals surface area contributed by atoms with E-state index < -0.39 is 5.97 Å². The number of aliphatic carboxylic acids is 1. The molecule has 2 aromatic rings. The second-order valence-electron chi connectivity index (χ2n) is 5.09. The predicted molar refractivity (Wildman–Crippen MR) is 69.1 cm³/mol. The molecule has 3 rings (SSSR count). The number of carboxylic acid groups (broad SMARTS) is 1. The molecular formula is C14H15N3O2. The van der Waals surface area contributed by atoms with Gasteiger partial charge < -0.3 is 5.11 Å². The number of carboxylic acids is 1. The zero-order valence-corrected chi connectivity index (χ0v) is 10.5. The first kappa shape index (κ1) is 11.9. The molecule has 0 saturated heterocycles. The molecule has 0 spiro atoms. The second-order valence-corrected chi connectivity index (χ2v) is 5.09. The maximum Gasteiger partial charge on any atom is 0.304 e. The Morgan fingerprint density at radius 3 is 2.63 bits per heavy atom. The highest BCUT2D eigenvalue weighted by Gasteiger charge is 2.43. The van der Waals surface area contributed by atoms with E-state index in [1.54, 1.807) is 4.68 Å². The lowest BCUT2D eigenvalue weighted by Crippen LogP contribution is -2.37. The summed E-state index contributed by atoms with van der Waals surface area (Å²) in [4.78, 5) is 11.0. The highest BCUT2D eigenvalue weighted by Crippen LogP contribution is 2.45. The fourth-order valence-electron chi connectivity index (χ4n) is 2.63. The van der Waals surface area contributed by atoms with E-state index in [2.05, 4.69) is 10.3 Å². The van der Waals surface area contributed by atoms with Gasteiger partial charge in [0.15, 0.2) is 0 Å². The summed E-state index contributed by atoms with van der Waals surface area (Å²) in [6.45, 7) is 0. The molecule has 98 valence electrons. The summed E-state index contributed by atoms with van der Waals surface area (Å²) in [5.74, 6) is -0.769. The molecule has 1 N–H and O–H groups in total. The van der Waals surface area contributed by atoms with Gasteiger partial charge in [-0.25, -0.2) is 4.68 Å². The minimum absolute atomic E-state index is 0.139. The van der Waals surface area contributed by atoms with Crippen LogP contribution in [-0.4, -0.2) is 26.1 Å². The normalized spacial score (nSPS) is 16.8. The van der Waals surface area contributed by atoms with Crippen molar-refractivity contribution in [3.05, 3.63) is 42.2 Å². The zero-order chi connectivity index (χ0) is 13.3. The Morgan fingerprint density at radius 2 is 2.05 bits per heavy atom. The van der Waals surface area contributed by atoms with Gasteiger partial charge in [-0.3, -0.25) is 4.79 Å². The monoisotopic (exact) mass is 257 g/mol. The van der Waals surface area contributed by atoms with Crippen LogP contribution < -0.4 is 0 Å². The van der Waals surface area contributed by atoms with Crippen molar-refractivity contribution in [2.75, 3.05) is 0 Å². The van der Waals surface area contributed by atoms with Gasteiger partial charge in [-0.2, -0.15) is 0 Å². The van der Waals surface area contributed by atoms with Crippen molar-refractivity contribution >= 4 is 5.97 Å². The molecule has 1 aliphatic rings. The lowest BCUT2D eigenvalue weighted by Gasteiger charge is -2.38. The van der Waals surface area contributed by atoms with Gasteiger partial charge in [0.25, 0.3) is 0 Å². The first-order valence-electron chi connectivity index (χ1n) is 6.40. The Bertz CT molecular complexity index is 588. The maximum atomic E-state index is 11.0. The molecule has 0 aliphatic heterocycles. The van der Waals surface area contributed by atoms with Crippen molar-refractivity contribution in [3.63, 3.8) is 0 Å². The molecule has 0 unspecified atom stereocenters. The first-order chi connectivity index (χ1) is 9.20. The fourth-order valence-corrected chi connectivity index (χ4v) is 2.63. The summed E-state index contributed by atoms with van der Waals surface area (Å²) < 4.78 is 1.71. The highest BCUT2D eigenvalue weighted by atomic mass is 16.4. The fraction of sp³-hybridized carbons (Fsp3) is 0.357. The van der Waals surface area contributed by atoms with Crippen molar-refractivity contribution in [1.82, 2.24) is 15.0 Å². The molecule has 0 radical (unpaired) electrons.